The fourth-order valence-corrected chi connectivity index (χ4v) is 3.54. The van der Waals surface area contributed by atoms with Crippen LogP contribution in [-0.2, 0) is 11.4 Å². The predicted molar refractivity (Wildman–Crippen MR) is 115 cm³/mol. The number of amides is 1. The molecule has 0 saturated carbocycles. The number of carbonyl (C=O) groups is 1. The van der Waals surface area contributed by atoms with Gasteiger partial charge in [0.05, 0.1) is 0 Å². The Labute approximate surface area is 173 Å². The summed E-state index contributed by atoms with van der Waals surface area (Å²) in [6.45, 7) is 4.98. The van der Waals surface area contributed by atoms with E-state index in [2.05, 4.69) is 47.1 Å². The van der Waals surface area contributed by atoms with Gasteiger partial charge in [-0.2, -0.15) is 0 Å². The van der Waals surface area contributed by atoms with Crippen LogP contribution >= 0.6 is 28.1 Å². The zero-order valence-corrected chi connectivity index (χ0v) is 17.9. The van der Waals surface area contributed by atoms with Gasteiger partial charge in [0, 0.05) is 23.6 Å². The Kier molecular flexibility index (Phi) is 5.97. The van der Waals surface area contributed by atoms with Crippen LogP contribution in [-0.4, -0.2) is 34.4 Å². The molecule has 1 amide bonds. The van der Waals surface area contributed by atoms with Gasteiger partial charge in [0.15, 0.2) is 5.11 Å². The maximum absolute atomic E-state index is 12.6. The van der Waals surface area contributed by atoms with Crippen molar-refractivity contribution in [3.63, 3.8) is 0 Å². The van der Waals surface area contributed by atoms with Crippen molar-refractivity contribution in [2.45, 2.75) is 20.5 Å². The Morgan fingerprint density at radius 1 is 1.19 bits per heavy atom. The second kappa shape index (κ2) is 8.23. The molecular formula is C21H21BrN2O2S. The molecule has 0 aliphatic carbocycles. The molecule has 4 nitrogen and oxygen atoms in total. The van der Waals surface area contributed by atoms with Gasteiger partial charge in [-0.15, -0.1) is 0 Å². The van der Waals surface area contributed by atoms with Crippen molar-refractivity contribution in [3.8, 4) is 5.75 Å². The van der Waals surface area contributed by atoms with Crippen LogP contribution in [0.5, 0.6) is 5.75 Å². The summed E-state index contributed by atoms with van der Waals surface area (Å²) in [6, 6.07) is 14.0. The second-order valence-corrected chi connectivity index (χ2v) is 7.66. The number of aryl methyl sites for hydroxylation is 1. The first-order chi connectivity index (χ1) is 12.9. The molecule has 3 rings (SSSR count). The minimum absolute atomic E-state index is 0.0885. The van der Waals surface area contributed by atoms with Gasteiger partial charge < -0.3 is 9.64 Å². The summed E-state index contributed by atoms with van der Waals surface area (Å²) >= 11 is 8.86. The molecule has 1 aliphatic rings. The predicted octanol–water partition coefficient (Wildman–Crippen LogP) is 4.76. The van der Waals surface area contributed by atoms with Gasteiger partial charge in [-0.1, -0.05) is 45.8 Å². The van der Waals surface area contributed by atoms with Gasteiger partial charge in [0.2, 0.25) is 0 Å². The summed E-state index contributed by atoms with van der Waals surface area (Å²) in [5.41, 5.74) is 3.68. The van der Waals surface area contributed by atoms with E-state index in [1.807, 2.05) is 38.2 Å². The van der Waals surface area contributed by atoms with E-state index < -0.39 is 0 Å². The monoisotopic (exact) mass is 444 g/mol. The first-order valence-corrected chi connectivity index (χ1v) is 9.90. The van der Waals surface area contributed by atoms with Gasteiger partial charge >= 0.3 is 0 Å². The van der Waals surface area contributed by atoms with Gasteiger partial charge in [-0.05, 0) is 55.9 Å². The lowest BCUT2D eigenvalue weighted by atomic mass is 10.1. The van der Waals surface area contributed by atoms with Crippen LogP contribution in [0.1, 0.15) is 23.6 Å². The number of halogens is 1. The Morgan fingerprint density at radius 3 is 2.52 bits per heavy atom. The van der Waals surface area contributed by atoms with Crippen LogP contribution in [0, 0.1) is 6.92 Å². The molecule has 0 aromatic heterocycles. The fourth-order valence-electron chi connectivity index (χ4n) is 2.85. The average molecular weight is 445 g/mol. The Morgan fingerprint density at radius 2 is 1.89 bits per heavy atom. The van der Waals surface area contributed by atoms with Crippen LogP contribution in [0.4, 0.5) is 0 Å². The molecule has 1 fully saturated rings. The van der Waals surface area contributed by atoms with Gasteiger partial charge in [0.1, 0.15) is 18.1 Å². The highest BCUT2D eigenvalue weighted by molar-refractivity contribution is 9.10. The standard InChI is InChI=1S/C21H21BrN2O2S/c1-4-24-20(25)18(23(3)21(24)27)12-16-11-17(22)9-10-19(16)26-13-15-7-5-14(2)6-8-15/h5-12H,4,13H2,1-3H3/b18-12-. The van der Waals surface area contributed by atoms with Crippen LogP contribution < -0.4 is 4.74 Å². The van der Waals surface area contributed by atoms with E-state index in [9.17, 15) is 4.79 Å². The maximum atomic E-state index is 12.6. The van der Waals surface area contributed by atoms with Crippen LogP contribution in [0.3, 0.4) is 0 Å². The molecular weight excluding hydrogens is 424 g/mol. The number of rotatable bonds is 5. The zero-order valence-electron chi connectivity index (χ0n) is 15.5. The van der Waals surface area contributed by atoms with Gasteiger partial charge in [0.25, 0.3) is 5.91 Å². The molecule has 1 saturated heterocycles. The molecule has 0 unspecified atom stereocenters. The number of carbonyl (C=O) groups excluding carboxylic acids is 1. The van der Waals surface area contributed by atoms with Crippen molar-refractivity contribution in [2.75, 3.05) is 13.6 Å². The highest BCUT2D eigenvalue weighted by Crippen LogP contribution is 2.29. The number of ether oxygens (including phenoxy) is 1. The molecule has 0 radical (unpaired) electrons. The Hall–Kier alpha value is -2.18. The number of benzene rings is 2. The molecule has 0 bridgehead atoms. The zero-order chi connectivity index (χ0) is 19.6. The molecule has 2 aromatic rings. The number of thiocarbonyl (C=S) groups is 1. The van der Waals surface area contributed by atoms with Crippen molar-refractivity contribution in [2.24, 2.45) is 0 Å². The first kappa shape index (κ1) is 19.6. The van der Waals surface area contributed by atoms with E-state index in [0.29, 0.717) is 29.7 Å². The largest absolute Gasteiger partial charge is 0.488 e. The smallest absolute Gasteiger partial charge is 0.276 e. The van der Waals surface area contributed by atoms with E-state index >= 15 is 0 Å². The Balaban J connectivity index is 1.89. The number of nitrogens with zero attached hydrogens (tertiary/aromatic N) is 2. The highest BCUT2D eigenvalue weighted by Gasteiger charge is 2.34. The summed E-state index contributed by atoms with van der Waals surface area (Å²) in [4.78, 5) is 16.0. The number of hydrogen-bond acceptors (Lipinski definition) is 3. The second-order valence-electron chi connectivity index (χ2n) is 6.38. The van der Waals surface area contributed by atoms with Crippen molar-refractivity contribution < 1.29 is 9.53 Å². The lowest BCUT2D eigenvalue weighted by Gasteiger charge is -2.14. The molecule has 0 N–H and O–H groups in total. The van der Waals surface area contributed by atoms with E-state index in [4.69, 9.17) is 17.0 Å². The van der Waals surface area contributed by atoms with Gasteiger partial charge in [-0.25, -0.2) is 0 Å². The normalized spacial score (nSPS) is 15.8. The van der Waals surface area contributed by atoms with E-state index in [-0.39, 0.29) is 5.91 Å². The average Bonchev–Trinajstić information content (AvgIpc) is 2.85. The highest BCUT2D eigenvalue weighted by atomic mass is 79.9. The lowest BCUT2D eigenvalue weighted by Crippen LogP contribution is -2.30. The third kappa shape index (κ3) is 4.22. The van der Waals surface area contributed by atoms with E-state index in [0.717, 1.165) is 15.6 Å². The van der Waals surface area contributed by atoms with Gasteiger partial charge in [-0.3, -0.25) is 9.69 Å². The van der Waals surface area contributed by atoms with Crippen molar-refractivity contribution in [1.29, 1.82) is 0 Å². The topological polar surface area (TPSA) is 32.8 Å². The summed E-state index contributed by atoms with van der Waals surface area (Å²) in [5.74, 6) is 0.628. The van der Waals surface area contributed by atoms with Crippen LogP contribution in [0.2, 0.25) is 0 Å². The number of likely N-dealkylation sites (N-methyl/N-ethyl adjacent to an activating group) is 2. The van der Waals surface area contributed by atoms with Crippen LogP contribution in [0.15, 0.2) is 52.6 Å². The quantitative estimate of drug-likeness (QED) is 0.491. The molecule has 0 atom stereocenters. The van der Waals surface area contributed by atoms with E-state index in [1.54, 1.807) is 9.80 Å². The molecule has 140 valence electrons. The van der Waals surface area contributed by atoms with Crippen molar-refractivity contribution >= 4 is 45.2 Å². The Bertz CT molecular complexity index is 909. The lowest BCUT2D eigenvalue weighted by molar-refractivity contribution is -0.122. The first-order valence-electron chi connectivity index (χ1n) is 8.70. The van der Waals surface area contributed by atoms with Crippen molar-refractivity contribution in [3.05, 3.63) is 69.3 Å². The number of hydrogen-bond donors (Lipinski definition) is 0. The summed E-state index contributed by atoms with van der Waals surface area (Å²) in [7, 11) is 1.81. The molecule has 27 heavy (non-hydrogen) atoms. The molecule has 6 heteroatoms. The van der Waals surface area contributed by atoms with Crippen LogP contribution in [0.25, 0.3) is 6.08 Å². The molecule has 1 heterocycles. The fraction of sp³-hybridized carbons (Fsp3) is 0.238. The summed E-state index contributed by atoms with van der Waals surface area (Å²) in [6.07, 6.45) is 1.83. The third-order valence-corrected chi connectivity index (χ3v) is 5.43. The summed E-state index contributed by atoms with van der Waals surface area (Å²) < 4.78 is 6.95. The molecule has 2 aromatic carbocycles. The molecule has 0 spiro atoms. The molecule has 1 aliphatic heterocycles. The minimum atomic E-state index is -0.0885. The summed E-state index contributed by atoms with van der Waals surface area (Å²) in [5, 5.41) is 0.519. The maximum Gasteiger partial charge on any atom is 0.276 e. The minimum Gasteiger partial charge on any atom is -0.488 e. The van der Waals surface area contributed by atoms with E-state index in [1.165, 1.54) is 5.56 Å². The van der Waals surface area contributed by atoms with Crippen molar-refractivity contribution in [1.82, 2.24) is 9.80 Å². The third-order valence-electron chi connectivity index (χ3n) is 4.44. The SMILES string of the molecule is CCN1C(=O)/C(=C/c2cc(Br)ccc2OCc2ccc(C)cc2)N(C)C1=S.